The van der Waals surface area contributed by atoms with Crippen molar-refractivity contribution in [3.8, 4) is 0 Å². The molecule has 0 unspecified atom stereocenters. The van der Waals surface area contributed by atoms with Crippen LogP contribution < -0.4 is 0 Å². The Kier molecular flexibility index (Phi) is 4.11. The summed E-state index contributed by atoms with van der Waals surface area (Å²) in [5, 5.41) is 11.6. The van der Waals surface area contributed by atoms with Crippen LogP contribution in [0, 0.1) is 6.92 Å². The molecule has 1 aromatic heterocycles. The molecule has 28 heavy (non-hydrogen) atoms. The number of carbonyl (C=O) groups excluding carboxylic acids is 1. The quantitative estimate of drug-likeness (QED) is 0.572. The van der Waals surface area contributed by atoms with Gasteiger partial charge in [0.2, 0.25) is 5.78 Å². The van der Waals surface area contributed by atoms with Gasteiger partial charge in [0.1, 0.15) is 5.76 Å². The van der Waals surface area contributed by atoms with Gasteiger partial charge in [-0.3, -0.25) is 4.79 Å². The molecule has 1 aliphatic rings. The van der Waals surface area contributed by atoms with Crippen molar-refractivity contribution in [3.63, 3.8) is 0 Å². The number of ketones is 1. The van der Waals surface area contributed by atoms with E-state index in [0.29, 0.717) is 11.1 Å². The molecule has 3 heteroatoms. The van der Waals surface area contributed by atoms with E-state index in [1.54, 1.807) is 12.3 Å². The minimum atomic E-state index is -0.352. The van der Waals surface area contributed by atoms with Crippen molar-refractivity contribution in [1.82, 2.24) is 4.98 Å². The summed E-state index contributed by atoms with van der Waals surface area (Å²) in [5.74, 6) is -0.111. The number of aromatic nitrogens is 1. The van der Waals surface area contributed by atoms with Crippen LogP contribution in [0.3, 0.4) is 0 Å². The predicted octanol–water partition coefficient (Wildman–Crippen LogP) is 5.79. The summed E-state index contributed by atoms with van der Waals surface area (Å²) in [7, 11) is 0. The number of hydrogen-bond acceptors (Lipinski definition) is 2. The van der Waals surface area contributed by atoms with Crippen molar-refractivity contribution in [2.24, 2.45) is 0 Å². The molecule has 0 aliphatic heterocycles. The minimum Gasteiger partial charge on any atom is -0.506 e. The fourth-order valence-electron chi connectivity index (χ4n) is 3.89. The number of allylic oxidation sites excluding steroid dienone is 4. The highest BCUT2D eigenvalue weighted by atomic mass is 16.3. The zero-order valence-corrected chi connectivity index (χ0v) is 16.3. The van der Waals surface area contributed by atoms with Crippen LogP contribution in [0.15, 0.2) is 84.3 Å². The number of nitrogens with one attached hydrogen (secondary N) is 1. The molecule has 3 nitrogen and oxygen atoms in total. The first-order chi connectivity index (χ1) is 13.3. The lowest BCUT2D eigenvalue weighted by Gasteiger charge is -2.30. The van der Waals surface area contributed by atoms with Gasteiger partial charge in [-0.15, -0.1) is 0 Å². The third-order valence-corrected chi connectivity index (χ3v) is 5.76. The summed E-state index contributed by atoms with van der Waals surface area (Å²) >= 11 is 0. The van der Waals surface area contributed by atoms with Gasteiger partial charge in [-0.25, -0.2) is 0 Å². The number of benzene rings is 2. The number of Topliss-reactive ketones (excluding diaryl/α,β-unsaturated/α-hetero) is 1. The fraction of sp³-hybridized carbons (Fsp3) is 0.160. The van der Waals surface area contributed by atoms with Crippen molar-refractivity contribution < 1.29 is 9.90 Å². The summed E-state index contributed by atoms with van der Waals surface area (Å²) in [6.45, 7) is 10.4. The number of para-hydroxylation sites is 1. The first-order valence-corrected chi connectivity index (χ1v) is 9.34. The SMILES string of the molecule is C=C(/C=C1/C(=O)C(c2c[nH]c3ccccc23)=C1O)C(C)(C)c1ccccc1C. The van der Waals surface area contributed by atoms with Crippen LogP contribution >= 0.6 is 0 Å². The number of fused-ring (bicyclic) bond motifs is 1. The van der Waals surface area contributed by atoms with Gasteiger partial charge in [-0.05, 0) is 35.8 Å². The van der Waals surface area contributed by atoms with Crippen LogP contribution in [0.5, 0.6) is 0 Å². The summed E-state index contributed by atoms with van der Waals surface area (Å²) in [6, 6.07) is 15.9. The van der Waals surface area contributed by atoms with Gasteiger partial charge >= 0.3 is 0 Å². The van der Waals surface area contributed by atoms with E-state index in [9.17, 15) is 9.90 Å². The second-order valence-corrected chi connectivity index (χ2v) is 7.82. The highest BCUT2D eigenvalue weighted by molar-refractivity contribution is 6.40. The second-order valence-electron chi connectivity index (χ2n) is 7.82. The number of carbonyl (C=O) groups is 1. The summed E-state index contributed by atoms with van der Waals surface area (Å²) in [5.41, 5.74) is 5.13. The maximum absolute atomic E-state index is 12.8. The molecule has 2 N–H and O–H groups in total. The van der Waals surface area contributed by atoms with Crippen LogP contribution in [0.2, 0.25) is 0 Å². The van der Waals surface area contributed by atoms with Crippen LogP contribution in [0.4, 0.5) is 0 Å². The number of aliphatic hydroxyl groups excluding tert-OH is 1. The molecular weight excluding hydrogens is 346 g/mol. The van der Waals surface area contributed by atoms with Gasteiger partial charge in [-0.1, -0.05) is 62.9 Å². The molecule has 0 saturated heterocycles. The Morgan fingerprint density at radius 3 is 2.50 bits per heavy atom. The van der Waals surface area contributed by atoms with Gasteiger partial charge in [0.05, 0.1) is 11.1 Å². The Bertz CT molecular complexity index is 1190. The van der Waals surface area contributed by atoms with Crippen LogP contribution in [0.25, 0.3) is 16.5 Å². The summed E-state index contributed by atoms with van der Waals surface area (Å²) in [6.07, 6.45) is 3.50. The van der Waals surface area contributed by atoms with Gasteiger partial charge in [0.15, 0.2) is 0 Å². The lowest BCUT2D eigenvalue weighted by molar-refractivity contribution is -0.111. The zero-order chi connectivity index (χ0) is 20.1. The first kappa shape index (κ1) is 18.1. The first-order valence-electron chi connectivity index (χ1n) is 9.34. The average molecular weight is 369 g/mol. The number of rotatable bonds is 4. The number of aryl methyl sites for hydroxylation is 1. The highest BCUT2D eigenvalue weighted by Crippen LogP contribution is 2.41. The van der Waals surface area contributed by atoms with Crippen molar-refractivity contribution in [2.75, 3.05) is 0 Å². The maximum atomic E-state index is 12.8. The molecule has 4 rings (SSSR count). The molecule has 2 aromatic carbocycles. The summed E-state index contributed by atoms with van der Waals surface area (Å²) in [4.78, 5) is 16.0. The fourth-order valence-corrected chi connectivity index (χ4v) is 3.89. The molecule has 0 radical (unpaired) electrons. The van der Waals surface area contributed by atoms with Crippen molar-refractivity contribution in [2.45, 2.75) is 26.2 Å². The Morgan fingerprint density at radius 2 is 1.79 bits per heavy atom. The number of H-pyrrole nitrogens is 1. The van der Waals surface area contributed by atoms with E-state index >= 15 is 0 Å². The Labute approximate surface area is 164 Å². The largest absolute Gasteiger partial charge is 0.506 e. The topological polar surface area (TPSA) is 53.1 Å². The summed E-state index contributed by atoms with van der Waals surface area (Å²) < 4.78 is 0. The molecule has 0 bridgehead atoms. The number of aromatic amines is 1. The second kappa shape index (κ2) is 6.38. The van der Waals surface area contributed by atoms with E-state index in [-0.39, 0.29) is 17.0 Å². The van der Waals surface area contributed by atoms with E-state index < -0.39 is 0 Å². The standard InChI is InChI=1S/C25H23NO2/c1-15-9-5-7-11-20(15)25(3,4)16(2)13-18-23(27)22(24(18)28)19-14-26-21-12-8-6-10-17(19)21/h5-14,26-27H,2H2,1,3-4H3/b18-13+. The molecule has 3 aromatic rings. The number of hydrogen-bond donors (Lipinski definition) is 2. The van der Waals surface area contributed by atoms with Crippen molar-refractivity contribution >= 4 is 22.3 Å². The smallest absolute Gasteiger partial charge is 0.201 e. The lowest BCUT2D eigenvalue weighted by Crippen LogP contribution is -2.24. The monoisotopic (exact) mass is 369 g/mol. The van der Waals surface area contributed by atoms with E-state index in [1.807, 2.05) is 36.4 Å². The zero-order valence-electron chi connectivity index (χ0n) is 16.3. The number of aliphatic hydroxyl groups is 1. The molecule has 0 amide bonds. The Morgan fingerprint density at radius 1 is 1.11 bits per heavy atom. The lowest BCUT2D eigenvalue weighted by atomic mass is 9.74. The normalized spacial score (nSPS) is 16.0. The average Bonchev–Trinajstić information content (AvgIpc) is 3.10. The van der Waals surface area contributed by atoms with Gasteiger partial charge in [0.25, 0.3) is 0 Å². The molecular formula is C25H23NO2. The van der Waals surface area contributed by atoms with Crippen LogP contribution in [-0.4, -0.2) is 15.9 Å². The molecule has 0 atom stereocenters. The van der Waals surface area contributed by atoms with E-state index in [4.69, 9.17) is 0 Å². The molecule has 140 valence electrons. The van der Waals surface area contributed by atoms with Crippen molar-refractivity contribution in [3.05, 3.63) is 101 Å². The van der Waals surface area contributed by atoms with Crippen molar-refractivity contribution in [1.29, 1.82) is 0 Å². The molecule has 0 spiro atoms. The Balaban J connectivity index is 1.71. The van der Waals surface area contributed by atoms with Gasteiger partial charge in [0, 0.05) is 28.1 Å². The van der Waals surface area contributed by atoms with E-state index in [0.717, 1.165) is 27.6 Å². The molecule has 0 saturated carbocycles. The molecule has 0 fully saturated rings. The van der Waals surface area contributed by atoms with E-state index in [2.05, 4.69) is 44.5 Å². The maximum Gasteiger partial charge on any atom is 0.201 e. The predicted molar refractivity (Wildman–Crippen MR) is 114 cm³/mol. The minimum absolute atomic E-state index is 0.0384. The third kappa shape index (κ3) is 2.63. The van der Waals surface area contributed by atoms with Crippen LogP contribution in [-0.2, 0) is 10.2 Å². The molecule has 1 aliphatic carbocycles. The third-order valence-electron chi connectivity index (χ3n) is 5.76. The van der Waals surface area contributed by atoms with Crippen LogP contribution in [0.1, 0.15) is 30.5 Å². The van der Waals surface area contributed by atoms with Gasteiger partial charge in [-0.2, -0.15) is 0 Å². The Hall–Kier alpha value is -3.33. The highest BCUT2D eigenvalue weighted by Gasteiger charge is 2.37. The van der Waals surface area contributed by atoms with E-state index in [1.165, 1.54) is 5.56 Å². The molecule has 1 heterocycles. The van der Waals surface area contributed by atoms with Gasteiger partial charge < -0.3 is 10.1 Å².